The molecule has 2 N–H and O–H groups in total. The summed E-state index contributed by atoms with van der Waals surface area (Å²) in [5, 5.41) is 1.74. The maximum Gasteiger partial charge on any atom is 0.334 e. The van der Waals surface area contributed by atoms with Crippen molar-refractivity contribution in [3.8, 4) is 0 Å². The first-order valence-corrected chi connectivity index (χ1v) is 4.77. The number of primary amides is 1. The Morgan fingerprint density at radius 2 is 2.20 bits per heavy atom. The lowest BCUT2D eigenvalue weighted by Crippen LogP contribution is -3.00. The SMILES string of the molecule is O=C1CN2CC=Cc3cccc(c32)[NH2+]1.[Cl-]. The van der Waals surface area contributed by atoms with Crippen LogP contribution in [0.1, 0.15) is 5.56 Å². The average Bonchev–Trinajstić information content (AvgIpc) is 2.18. The highest BCUT2D eigenvalue weighted by Gasteiger charge is 2.28. The van der Waals surface area contributed by atoms with E-state index in [0.29, 0.717) is 6.54 Å². The quantitative estimate of drug-likeness (QED) is 0.484. The molecule has 0 saturated carbocycles. The lowest BCUT2D eigenvalue weighted by molar-refractivity contribution is -0.483. The molecule has 0 fully saturated rings. The first-order chi connectivity index (χ1) is 6.84. The van der Waals surface area contributed by atoms with Gasteiger partial charge in [0.2, 0.25) is 0 Å². The topological polar surface area (TPSA) is 36.9 Å². The van der Waals surface area contributed by atoms with Crippen molar-refractivity contribution in [2.45, 2.75) is 0 Å². The van der Waals surface area contributed by atoms with Gasteiger partial charge in [-0.25, -0.2) is 10.1 Å². The molecule has 0 atom stereocenters. The number of para-hydroxylation sites is 1. The van der Waals surface area contributed by atoms with E-state index in [9.17, 15) is 4.79 Å². The van der Waals surface area contributed by atoms with Crippen molar-refractivity contribution in [1.29, 1.82) is 0 Å². The highest BCUT2D eigenvalue weighted by atomic mass is 35.5. The van der Waals surface area contributed by atoms with Crippen LogP contribution in [0.5, 0.6) is 0 Å². The van der Waals surface area contributed by atoms with E-state index in [4.69, 9.17) is 0 Å². The van der Waals surface area contributed by atoms with Crippen LogP contribution in [0.2, 0.25) is 0 Å². The Labute approximate surface area is 94.2 Å². The van der Waals surface area contributed by atoms with Crippen molar-refractivity contribution in [2.75, 3.05) is 18.0 Å². The van der Waals surface area contributed by atoms with Gasteiger partial charge in [-0.1, -0.05) is 24.3 Å². The zero-order valence-corrected chi connectivity index (χ0v) is 8.87. The van der Waals surface area contributed by atoms with Gasteiger partial charge >= 0.3 is 5.91 Å². The number of hydrogen-bond donors (Lipinski definition) is 1. The summed E-state index contributed by atoms with van der Waals surface area (Å²) in [6, 6.07) is 6.09. The van der Waals surface area contributed by atoms with Crippen LogP contribution < -0.4 is 22.6 Å². The summed E-state index contributed by atoms with van der Waals surface area (Å²) in [4.78, 5) is 13.5. The third-order valence-electron chi connectivity index (χ3n) is 2.70. The Hall–Kier alpha value is -1.32. The highest BCUT2D eigenvalue weighted by molar-refractivity contribution is 5.88. The molecule has 0 spiro atoms. The molecule has 2 aliphatic rings. The van der Waals surface area contributed by atoms with Gasteiger partial charge in [0.25, 0.3) is 0 Å². The van der Waals surface area contributed by atoms with E-state index in [0.717, 1.165) is 12.2 Å². The second-order valence-electron chi connectivity index (χ2n) is 3.68. The second-order valence-corrected chi connectivity index (χ2v) is 3.68. The number of nitrogens with zero attached hydrogens (tertiary/aromatic N) is 1. The van der Waals surface area contributed by atoms with Crippen LogP contribution in [0, 0.1) is 0 Å². The van der Waals surface area contributed by atoms with E-state index in [1.807, 2.05) is 12.1 Å². The maximum absolute atomic E-state index is 11.4. The van der Waals surface area contributed by atoms with Crippen molar-refractivity contribution < 1.29 is 22.5 Å². The molecular formula is C11H11ClN2O. The molecule has 0 aromatic heterocycles. The number of rotatable bonds is 0. The minimum Gasteiger partial charge on any atom is -1.00 e. The third-order valence-corrected chi connectivity index (χ3v) is 2.70. The molecule has 4 heteroatoms. The van der Waals surface area contributed by atoms with Crippen LogP contribution in [-0.4, -0.2) is 19.0 Å². The smallest absolute Gasteiger partial charge is 0.334 e. The molecule has 3 nitrogen and oxygen atoms in total. The standard InChI is InChI=1S/C11H10N2O.ClH/c14-10-7-13-6-2-4-8-3-1-5-9(12-10)11(8)13;/h1-5H,6-7H2,(H,12,14);1H. The lowest BCUT2D eigenvalue weighted by atomic mass is 10.0. The van der Waals surface area contributed by atoms with Crippen molar-refractivity contribution in [3.63, 3.8) is 0 Å². The van der Waals surface area contributed by atoms with Gasteiger partial charge in [0.15, 0.2) is 5.69 Å². The van der Waals surface area contributed by atoms with E-state index in [1.165, 1.54) is 11.3 Å². The largest absolute Gasteiger partial charge is 1.00 e. The fraction of sp³-hybridized carbons (Fsp3) is 0.182. The minimum absolute atomic E-state index is 0. The molecule has 0 radical (unpaired) electrons. The summed E-state index contributed by atoms with van der Waals surface area (Å²) in [6.07, 6.45) is 4.23. The number of hydrogen-bond acceptors (Lipinski definition) is 2. The van der Waals surface area contributed by atoms with E-state index in [1.54, 1.807) is 5.32 Å². The third kappa shape index (κ3) is 1.54. The number of amides is 1. The first-order valence-electron chi connectivity index (χ1n) is 4.77. The van der Waals surface area contributed by atoms with Crippen molar-refractivity contribution in [1.82, 2.24) is 0 Å². The summed E-state index contributed by atoms with van der Waals surface area (Å²) in [6.45, 7) is 1.37. The number of nitrogens with two attached hydrogens (primary N) is 1. The zero-order chi connectivity index (χ0) is 9.54. The molecule has 1 aromatic rings. The predicted molar refractivity (Wildman–Crippen MR) is 54.3 cm³/mol. The molecule has 15 heavy (non-hydrogen) atoms. The molecule has 3 rings (SSSR count). The fourth-order valence-corrected chi connectivity index (χ4v) is 2.15. The molecule has 1 amide bonds. The van der Waals surface area contributed by atoms with E-state index < -0.39 is 0 Å². The van der Waals surface area contributed by atoms with Gasteiger partial charge in [0.1, 0.15) is 12.2 Å². The van der Waals surface area contributed by atoms with Gasteiger partial charge in [-0.05, 0) is 0 Å². The number of anilines is 1. The van der Waals surface area contributed by atoms with E-state index in [2.05, 4.69) is 23.1 Å². The molecule has 1 aromatic carbocycles. The maximum atomic E-state index is 11.4. The van der Waals surface area contributed by atoms with Crippen LogP contribution in [-0.2, 0) is 4.79 Å². The number of benzene rings is 1. The predicted octanol–water partition coefficient (Wildman–Crippen LogP) is -2.74. The number of carbonyl (C=O) groups excluding carboxylic acids is 1. The average molecular weight is 223 g/mol. The minimum atomic E-state index is 0. The van der Waals surface area contributed by atoms with Crippen molar-refractivity contribution in [2.24, 2.45) is 0 Å². The van der Waals surface area contributed by atoms with Crippen LogP contribution >= 0.6 is 0 Å². The Morgan fingerprint density at radius 3 is 3.07 bits per heavy atom. The Balaban J connectivity index is 0.000000853. The lowest BCUT2D eigenvalue weighted by Gasteiger charge is -2.30. The first kappa shape index (κ1) is 10.2. The molecule has 0 unspecified atom stereocenters. The zero-order valence-electron chi connectivity index (χ0n) is 8.11. The van der Waals surface area contributed by atoms with Gasteiger partial charge in [0.05, 0.1) is 0 Å². The normalized spacial score (nSPS) is 17.1. The summed E-state index contributed by atoms with van der Waals surface area (Å²) in [7, 11) is 0. The van der Waals surface area contributed by atoms with Gasteiger partial charge in [-0.15, -0.1) is 0 Å². The molecule has 78 valence electrons. The molecule has 2 heterocycles. The summed E-state index contributed by atoms with van der Waals surface area (Å²) in [5.74, 6) is 0.199. The number of halogens is 1. The van der Waals surface area contributed by atoms with Gasteiger partial charge in [-0.2, -0.15) is 0 Å². The Morgan fingerprint density at radius 1 is 1.33 bits per heavy atom. The summed E-state index contributed by atoms with van der Waals surface area (Å²) in [5.41, 5.74) is 3.50. The van der Waals surface area contributed by atoms with Gasteiger partial charge < -0.3 is 17.3 Å². The Kier molecular flexibility index (Phi) is 2.50. The molecule has 0 saturated heterocycles. The second kappa shape index (κ2) is 3.68. The molecule has 0 bridgehead atoms. The summed E-state index contributed by atoms with van der Waals surface area (Å²) < 4.78 is 0. The Bertz CT molecular complexity index is 442. The van der Waals surface area contributed by atoms with Crippen LogP contribution in [0.15, 0.2) is 24.3 Å². The fourth-order valence-electron chi connectivity index (χ4n) is 2.15. The monoisotopic (exact) mass is 222 g/mol. The summed E-state index contributed by atoms with van der Waals surface area (Å²) >= 11 is 0. The van der Waals surface area contributed by atoms with Crippen LogP contribution in [0.4, 0.5) is 11.4 Å². The van der Waals surface area contributed by atoms with E-state index in [-0.39, 0.29) is 18.3 Å². The molecule has 0 aliphatic carbocycles. The molecule has 2 aliphatic heterocycles. The van der Waals surface area contributed by atoms with Gasteiger partial charge in [0, 0.05) is 18.2 Å². The van der Waals surface area contributed by atoms with E-state index >= 15 is 0 Å². The van der Waals surface area contributed by atoms with Crippen LogP contribution in [0.3, 0.4) is 0 Å². The van der Waals surface area contributed by atoms with Crippen molar-refractivity contribution >= 4 is 23.4 Å². The van der Waals surface area contributed by atoms with Crippen molar-refractivity contribution in [3.05, 3.63) is 29.8 Å². The molecular weight excluding hydrogens is 212 g/mol. The van der Waals surface area contributed by atoms with Crippen LogP contribution in [0.25, 0.3) is 6.08 Å². The number of carbonyl (C=O) groups is 1. The van der Waals surface area contributed by atoms with Gasteiger partial charge in [-0.3, -0.25) is 0 Å². The highest BCUT2D eigenvalue weighted by Crippen LogP contribution is 2.32. The number of quaternary nitrogens is 1.